The molecule has 0 amide bonds. The number of halogens is 2. The van der Waals surface area contributed by atoms with E-state index in [2.05, 4.69) is 57.1 Å². The fourth-order valence-electron chi connectivity index (χ4n) is 3.24. The third-order valence-electron chi connectivity index (χ3n) is 4.88. The molecule has 2 heterocycles. The van der Waals surface area contributed by atoms with Crippen LogP contribution in [0, 0.1) is 0 Å². The molecule has 4 aromatic rings. The molecular weight excluding hydrogens is 436 g/mol. The predicted octanol–water partition coefficient (Wildman–Crippen LogP) is 5.88. The lowest BCUT2D eigenvalue weighted by Crippen LogP contribution is -2.19. The van der Waals surface area contributed by atoms with Gasteiger partial charge in [-0.15, -0.1) is 0 Å². The van der Waals surface area contributed by atoms with Crippen molar-refractivity contribution in [2.24, 2.45) is 0 Å². The summed E-state index contributed by atoms with van der Waals surface area (Å²) < 4.78 is 2.84. The molecular formula is C22H20BrClN4. The topological polar surface area (TPSA) is 34.0 Å². The zero-order valence-electron chi connectivity index (χ0n) is 15.7. The highest BCUT2D eigenvalue weighted by Crippen LogP contribution is 2.35. The fraction of sp³-hybridized carbons (Fsp3) is 0.182. The molecule has 2 aromatic heterocycles. The summed E-state index contributed by atoms with van der Waals surface area (Å²) in [6.07, 6.45) is 4.43. The maximum absolute atomic E-state index is 6.88. The van der Waals surface area contributed by atoms with Crippen LogP contribution in [0.2, 0.25) is 5.02 Å². The fourth-order valence-corrected chi connectivity index (χ4v) is 3.90. The molecule has 0 spiro atoms. The Bertz CT molecular complexity index is 1110. The summed E-state index contributed by atoms with van der Waals surface area (Å²) in [5.74, 6) is 0.929. The van der Waals surface area contributed by atoms with Crippen LogP contribution in [0.15, 0.2) is 65.4 Å². The van der Waals surface area contributed by atoms with Crippen LogP contribution in [0.4, 0.5) is 5.82 Å². The lowest BCUT2D eigenvalue weighted by molar-refractivity contribution is 0.879. The molecule has 0 bridgehead atoms. The summed E-state index contributed by atoms with van der Waals surface area (Å²) >= 11 is 10.4. The van der Waals surface area contributed by atoms with E-state index in [4.69, 9.17) is 16.6 Å². The molecule has 142 valence electrons. The molecule has 0 saturated carbocycles. The van der Waals surface area contributed by atoms with Gasteiger partial charge in [0.1, 0.15) is 5.82 Å². The van der Waals surface area contributed by atoms with E-state index in [-0.39, 0.29) is 0 Å². The number of rotatable bonds is 5. The van der Waals surface area contributed by atoms with E-state index in [1.54, 1.807) is 6.20 Å². The highest BCUT2D eigenvalue weighted by atomic mass is 79.9. The average Bonchev–Trinajstić information content (AvgIpc) is 3.25. The summed E-state index contributed by atoms with van der Waals surface area (Å²) in [4.78, 5) is 7.05. The van der Waals surface area contributed by atoms with Crippen molar-refractivity contribution < 1.29 is 0 Å². The van der Waals surface area contributed by atoms with Gasteiger partial charge in [-0.1, -0.05) is 39.7 Å². The maximum atomic E-state index is 6.88. The number of aromatic nitrogens is 3. The van der Waals surface area contributed by atoms with Crippen molar-refractivity contribution >= 4 is 44.3 Å². The quantitative estimate of drug-likeness (QED) is 0.377. The van der Waals surface area contributed by atoms with E-state index >= 15 is 0 Å². The number of pyridine rings is 1. The number of fused-ring (bicyclic) bond motifs is 1. The second kappa shape index (κ2) is 7.94. The maximum Gasteiger partial charge on any atom is 0.134 e. The van der Waals surface area contributed by atoms with Crippen molar-refractivity contribution in [3.05, 3.63) is 81.5 Å². The molecule has 0 aliphatic heterocycles. The monoisotopic (exact) mass is 454 g/mol. The van der Waals surface area contributed by atoms with E-state index in [0.29, 0.717) is 6.42 Å². The van der Waals surface area contributed by atoms with E-state index in [9.17, 15) is 0 Å². The minimum Gasteiger partial charge on any atom is -0.360 e. The predicted molar refractivity (Wildman–Crippen MR) is 120 cm³/mol. The largest absolute Gasteiger partial charge is 0.360 e. The number of benzene rings is 2. The molecule has 0 N–H and O–H groups in total. The Kier molecular flexibility index (Phi) is 5.38. The van der Waals surface area contributed by atoms with Gasteiger partial charge >= 0.3 is 0 Å². The van der Waals surface area contributed by atoms with Crippen LogP contribution in [0.1, 0.15) is 18.1 Å². The van der Waals surface area contributed by atoms with Crippen molar-refractivity contribution in [1.29, 1.82) is 0 Å². The Labute approximate surface area is 177 Å². The Morgan fingerprint density at radius 2 is 1.93 bits per heavy atom. The van der Waals surface area contributed by atoms with Crippen molar-refractivity contribution in [2.75, 3.05) is 18.5 Å². The first-order chi connectivity index (χ1) is 13.6. The molecule has 0 aliphatic carbocycles. The highest BCUT2D eigenvalue weighted by molar-refractivity contribution is 9.10. The lowest BCUT2D eigenvalue weighted by atomic mass is 10.0. The van der Waals surface area contributed by atoms with Crippen LogP contribution < -0.4 is 4.90 Å². The first-order valence-electron chi connectivity index (χ1n) is 9.14. The molecule has 0 fully saturated rings. The number of nitrogens with zero attached hydrogens (tertiary/aromatic N) is 4. The van der Waals surface area contributed by atoms with Crippen molar-refractivity contribution in [2.45, 2.75) is 13.3 Å². The van der Waals surface area contributed by atoms with Gasteiger partial charge in [-0.05, 0) is 48.9 Å². The molecule has 0 unspecified atom stereocenters. The van der Waals surface area contributed by atoms with Crippen molar-refractivity contribution in [1.82, 2.24) is 14.8 Å². The normalized spacial score (nSPS) is 11.1. The number of hydrogen-bond donors (Lipinski definition) is 0. The summed E-state index contributed by atoms with van der Waals surface area (Å²) in [7, 11) is 2.05. The Morgan fingerprint density at radius 1 is 1.14 bits per heavy atom. The highest BCUT2D eigenvalue weighted by Gasteiger charge is 2.17. The number of hydrogen-bond acceptors (Lipinski definition) is 3. The first-order valence-corrected chi connectivity index (χ1v) is 10.3. The second-order valence-corrected chi connectivity index (χ2v) is 7.99. The van der Waals surface area contributed by atoms with Crippen LogP contribution in [0.3, 0.4) is 0 Å². The summed E-state index contributed by atoms with van der Waals surface area (Å²) in [6.45, 7) is 2.97. The Hall–Kier alpha value is -2.37. The number of anilines is 1. The smallest absolute Gasteiger partial charge is 0.134 e. The zero-order chi connectivity index (χ0) is 19.7. The first kappa shape index (κ1) is 19.0. The van der Waals surface area contributed by atoms with Crippen LogP contribution in [0.25, 0.3) is 16.6 Å². The van der Waals surface area contributed by atoms with Gasteiger partial charge in [0.2, 0.25) is 0 Å². The SMILES string of the molecule is CCN(C)c1nc2ccc(Br)cc2c(Cl)c1Cc1ccc(-n2cccn2)cc1. The van der Waals surface area contributed by atoms with Crippen molar-refractivity contribution in [3.63, 3.8) is 0 Å². The van der Waals surface area contributed by atoms with Crippen LogP contribution >= 0.6 is 27.5 Å². The molecule has 0 atom stereocenters. The summed E-state index contributed by atoms with van der Waals surface area (Å²) in [6, 6.07) is 16.3. The summed E-state index contributed by atoms with van der Waals surface area (Å²) in [5, 5.41) is 6.01. The molecule has 4 rings (SSSR count). The van der Waals surface area contributed by atoms with Crippen LogP contribution in [-0.2, 0) is 6.42 Å². The Morgan fingerprint density at radius 3 is 2.61 bits per heavy atom. The van der Waals surface area contributed by atoms with Crippen LogP contribution in [0.5, 0.6) is 0 Å². The lowest BCUT2D eigenvalue weighted by Gasteiger charge is -2.22. The Balaban J connectivity index is 1.77. The van der Waals surface area contributed by atoms with E-state index in [0.717, 1.165) is 44.0 Å². The summed E-state index contributed by atoms with van der Waals surface area (Å²) in [5.41, 5.74) is 4.16. The van der Waals surface area contributed by atoms with Gasteiger partial charge in [0.15, 0.2) is 0 Å². The van der Waals surface area contributed by atoms with Gasteiger partial charge in [0.05, 0.1) is 16.2 Å². The molecule has 0 radical (unpaired) electrons. The zero-order valence-corrected chi connectivity index (χ0v) is 18.1. The third-order valence-corrected chi connectivity index (χ3v) is 5.80. The molecule has 0 saturated heterocycles. The minimum absolute atomic E-state index is 0.716. The van der Waals surface area contributed by atoms with Gasteiger partial charge in [0.25, 0.3) is 0 Å². The molecule has 28 heavy (non-hydrogen) atoms. The molecule has 6 heteroatoms. The van der Waals surface area contributed by atoms with E-state index in [1.807, 2.05) is 42.2 Å². The second-order valence-electron chi connectivity index (χ2n) is 6.70. The van der Waals surface area contributed by atoms with Crippen LogP contribution in [-0.4, -0.2) is 28.4 Å². The van der Waals surface area contributed by atoms with E-state index in [1.165, 1.54) is 5.56 Å². The van der Waals surface area contributed by atoms with Crippen molar-refractivity contribution in [3.8, 4) is 5.69 Å². The van der Waals surface area contributed by atoms with Gasteiger partial charge in [-0.2, -0.15) is 5.10 Å². The van der Waals surface area contributed by atoms with Gasteiger partial charge in [-0.3, -0.25) is 0 Å². The minimum atomic E-state index is 0.716. The molecule has 4 nitrogen and oxygen atoms in total. The standard InChI is InChI=1S/C22H20BrClN4/c1-3-27(2)22-19(21(24)18-14-16(23)7-10-20(18)26-22)13-15-5-8-17(9-6-15)28-12-4-11-25-28/h4-12,14H,3,13H2,1-2H3. The average molecular weight is 456 g/mol. The molecule has 0 aliphatic rings. The van der Waals surface area contributed by atoms with Gasteiger partial charge in [-0.25, -0.2) is 9.67 Å². The van der Waals surface area contributed by atoms with Gasteiger partial charge < -0.3 is 4.90 Å². The molecule has 2 aromatic carbocycles. The van der Waals surface area contributed by atoms with E-state index < -0.39 is 0 Å². The van der Waals surface area contributed by atoms with Gasteiger partial charge in [0, 0.05) is 47.8 Å². The third kappa shape index (κ3) is 3.64.